The van der Waals surface area contributed by atoms with E-state index in [1.54, 1.807) is 0 Å². The van der Waals surface area contributed by atoms with Crippen molar-refractivity contribution >= 4 is 5.91 Å². The summed E-state index contributed by atoms with van der Waals surface area (Å²) in [5.41, 5.74) is 5.48. The van der Waals surface area contributed by atoms with Crippen LogP contribution in [0.25, 0.3) is 0 Å². The molecule has 1 heterocycles. The zero-order valence-electron chi connectivity index (χ0n) is 11.1. The molecule has 0 aromatic heterocycles. The van der Waals surface area contributed by atoms with Crippen molar-refractivity contribution in [3.8, 4) is 0 Å². The molecule has 1 unspecified atom stereocenters. The molecule has 0 aromatic carbocycles. The maximum Gasteiger partial charge on any atom is 0.242 e. The molecule has 2 rings (SSSR count). The molecule has 1 amide bonds. The predicted molar refractivity (Wildman–Crippen MR) is 68.6 cm³/mol. The molecule has 0 bridgehead atoms. The molecule has 1 aliphatic heterocycles. The number of carbonyl (C=O) groups is 1. The first-order chi connectivity index (χ1) is 8.05. The van der Waals surface area contributed by atoms with E-state index in [1.165, 1.54) is 6.42 Å². The van der Waals surface area contributed by atoms with Gasteiger partial charge in [-0.1, -0.05) is 6.92 Å². The summed E-state index contributed by atoms with van der Waals surface area (Å²) >= 11 is 0. The van der Waals surface area contributed by atoms with E-state index in [0.717, 1.165) is 45.4 Å². The number of hydrogen-bond donors (Lipinski definition) is 1. The van der Waals surface area contributed by atoms with Crippen LogP contribution in [-0.2, 0) is 4.79 Å². The van der Waals surface area contributed by atoms with E-state index in [-0.39, 0.29) is 5.91 Å². The van der Waals surface area contributed by atoms with Crippen LogP contribution in [0.4, 0.5) is 0 Å². The Morgan fingerprint density at radius 3 is 2.82 bits per heavy atom. The fraction of sp³-hybridized carbons (Fsp3) is 0.923. The van der Waals surface area contributed by atoms with E-state index in [4.69, 9.17) is 5.73 Å². The second-order valence-electron chi connectivity index (χ2n) is 5.82. The Labute approximate surface area is 104 Å². The van der Waals surface area contributed by atoms with Crippen LogP contribution < -0.4 is 5.73 Å². The van der Waals surface area contributed by atoms with Crippen molar-refractivity contribution in [2.45, 2.75) is 38.1 Å². The Hall–Kier alpha value is -0.610. The normalized spacial score (nSPS) is 26.6. The van der Waals surface area contributed by atoms with Gasteiger partial charge in [-0.05, 0) is 45.2 Å². The third-order valence-corrected chi connectivity index (χ3v) is 3.96. The van der Waals surface area contributed by atoms with Crippen LogP contribution in [0.5, 0.6) is 0 Å². The molecule has 98 valence electrons. The zero-order valence-corrected chi connectivity index (χ0v) is 11.1. The lowest BCUT2D eigenvalue weighted by molar-refractivity contribution is -0.132. The standard InChI is InChI=1S/C13H25N3O/c1-3-7-15(2)9-11-4-8-16(10-11)12(17)13(14)5-6-13/h11H,3-10,14H2,1-2H3. The van der Waals surface area contributed by atoms with Crippen molar-refractivity contribution in [2.24, 2.45) is 11.7 Å². The second kappa shape index (κ2) is 4.94. The smallest absolute Gasteiger partial charge is 0.242 e. The molecule has 2 fully saturated rings. The first-order valence-corrected chi connectivity index (χ1v) is 6.82. The largest absolute Gasteiger partial charge is 0.341 e. The van der Waals surface area contributed by atoms with E-state index < -0.39 is 5.54 Å². The SMILES string of the molecule is CCCN(C)CC1CCN(C(=O)C2(N)CC2)C1. The highest BCUT2D eigenvalue weighted by Gasteiger charge is 2.49. The van der Waals surface area contributed by atoms with E-state index in [2.05, 4.69) is 18.9 Å². The molecule has 0 spiro atoms. The number of rotatable bonds is 5. The van der Waals surface area contributed by atoms with Gasteiger partial charge in [0.15, 0.2) is 0 Å². The fourth-order valence-electron chi connectivity index (χ4n) is 2.74. The molecular weight excluding hydrogens is 214 g/mol. The van der Waals surface area contributed by atoms with Gasteiger partial charge in [-0.2, -0.15) is 0 Å². The molecule has 4 nitrogen and oxygen atoms in total. The summed E-state index contributed by atoms with van der Waals surface area (Å²) in [7, 11) is 2.17. The van der Waals surface area contributed by atoms with Crippen molar-refractivity contribution in [3.05, 3.63) is 0 Å². The molecule has 2 N–H and O–H groups in total. The highest BCUT2D eigenvalue weighted by Crippen LogP contribution is 2.35. The quantitative estimate of drug-likeness (QED) is 0.767. The Kier molecular flexibility index (Phi) is 3.73. The first kappa shape index (κ1) is 12.8. The Morgan fingerprint density at radius 1 is 1.53 bits per heavy atom. The lowest BCUT2D eigenvalue weighted by atomic mass is 10.1. The number of hydrogen-bond acceptors (Lipinski definition) is 3. The van der Waals surface area contributed by atoms with Gasteiger partial charge in [-0.3, -0.25) is 4.79 Å². The van der Waals surface area contributed by atoms with Crippen LogP contribution in [0.15, 0.2) is 0 Å². The number of nitrogens with two attached hydrogens (primary N) is 1. The Bertz CT molecular complexity index is 288. The summed E-state index contributed by atoms with van der Waals surface area (Å²) in [4.78, 5) is 16.4. The molecule has 1 atom stereocenters. The van der Waals surface area contributed by atoms with Crippen LogP contribution in [0.3, 0.4) is 0 Å². The van der Waals surface area contributed by atoms with Crippen molar-refractivity contribution in [1.82, 2.24) is 9.80 Å². The third kappa shape index (κ3) is 2.99. The third-order valence-electron chi connectivity index (χ3n) is 3.96. The van der Waals surface area contributed by atoms with E-state index in [9.17, 15) is 4.79 Å². The molecule has 17 heavy (non-hydrogen) atoms. The molecule has 0 radical (unpaired) electrons. The number of nitrogens with zero attached hydrogens (tertiary/aromatic N) is 2. The van der Waals surface area contributed by atoms with Gasteiger partial charge in [0.25, 0.3) is 0 Å². The van der Waals surface area contributed by atoms with E-state index >= 15 is 0 Å². The zero-order chi connectivity index (χ0) is 12.5. The minimum atomic E-state index is -0.482. The molecule has 1 aliphatic carbocycles. The van der Waals surface area contributed by atoms with Crippen LogP contribution in [0.1, 0.15) is 32.6 Å². The van der Waals surface area contributed by atoms with Crippen LogP contribution in [0.2, 0.25) is 0 Å². The van der Waals surface area contributed by atoms with Gasteiger partial charge < -0.3 is 15.5 Å². The maximum absolute atomic E-state index is 12.1. The maximum atomic E-state index is 12.1. The average Bonchev–Trinajstić information content (AvgIpc) is 2.87. The lowest BCUT2D eigenvalue weighted by Gasteiger charge is -2.22. The molecule has 2 aliphatic rings. The summed E-state index contributed by atoms with van der Waals surface area (Å²) in [5.74, 6) is 0.830. The Balaban J connectivity index is 1.77. The van der Waals surface area contributed by atoms with Gasteiger partial charge in [0.05, 0.1) is 5.54 Å². The van der Waals surface area contributed by atoms with Crippen LogP contribution in [-0.4, -0.2) is 54.5 Å². The molecular formula is C13H25N3O. The highest BCUT2D eigenvalue weighted by atomic mass is 16.2. The minimum Gasteiger partial charge on any atom is -0.341 e. The first-order valence-electron chi connectivity index (χ1n) is 6.82. The van der Waals surface area contributed by atoms with Crippen molar-refractivity contribution in [3.63, 3.8) is 0 Å². The summed E-state index contributed by atoms with van der Waals surface area (Å²) in [6.45, 7) is 6.26. The fourth-order valence-corrected chi connectivity index (χ4v) is 2.74. The minimum absolute atomic E-state index is 0.193. The summed E-state index contributed by atoms with van der Waals surface area (Å²) in [6.07, 6.45) is 4.08. The van der Waals surface area contributed by atoms with Gasteiger partial charge in [0.1, 0.15) is 0 Å². The predicted octanol–water partition coefficient (Wildman–Crippen LogP) is 0.668. The summed E-state index contributed by atoms with van der Waals surface area (Å²) in [6, 6.07) is 0. The van der Waals surface area contributed by atoms with Crippen molar-refractivity contribution in [1.29, 1.82) is 0 Å². The average molecular weight is 239 g/mol. The van der Waals surface area contributed by atoms with Gasteiger partial charge in [0.2, 0.25) is 5.91 Å². The van der Waals surface area contributed by atoms with Crippen LogP contribution in [0, 0.1) is 5.92 Å². The van der Waals surface area contributed by atoms with Gasteiger partial charge in [-0.25, -0.2) is 0 Å². The number of likely N-dealkylation sites (tertiary alicyclic amines) is 1. The molecule has 1 saturated carbocycles. The molecule has 1 saturated heterocycles. The van der Waals surface area contributed by atoms with E-state index in [0.29, 0.717) is 5.92 Å². The van der Waals surface area contributed by atoms with Crippen molar-refractivity contribution < 1.29 is 4.79 Å². The van der Waals surface area contributed by atoms with E-state index in [1.807, 2.05) is 4.90 Å². The van der Waals surface area contributed by atoms with Gasteiger partial charge in [-0.15, -0.1) is 0 Å². The summed E-state index contributed by atoms with van der Waals surface area (Å²) in [5, 5.41) is 0. The van der Waals surface area contributed by atoms with Crippen LogP contribution >= 0.6 is 0 Å². The summed E-state index contributed by atoms with van der Waals surface area (Å²) < 4.78 is 0. The lowest BCUT2D eigenvalue weighted by Crippen LogP contribution is -2.44. The highest BCUT2D eigenvalue weighted by molar-refractivity contribution is 5.89. The molecule has 0 aromatic rings. The van der Waals surface area contributed by atoms with Gasteiger partial charge in [0, 0.05) is 19.6 Å². The molecule has 4 heteroatoms. The second-order valence-corrected chi connectivity index (χ2v) is 5.82. The van der Waals surface area contributed by atoms with Crippen molar-refractivity contribution in [2.75, 3.05) is 33.2 Å². The monoisotopic (exact) mass is 239 g/mol. The van der Waals surface area contributed by atoms with Gasteiger partial charge >= 0.3 is 0 Å². The topological polar surface area (TPSA) is 49.6 Å². The number of amides is 1. The number of carbonyl (C=O) groups excluding carboxylic acids is 1. The Morgan fingerprint density at radius 2 is 2.24 bits per heavy atom.